The molecule has 1 heterocycles. The Hall–Kier alpha value is -1.23. The van der Waals surface area contributed by atoms with Gasteiger partial charge in [-0.05, 0) is 6.42 Å². The summed E-state index contributed by atoms with van der Waals surface area (Å²) in [6.45, 7) is 6.58. The monoisotopic (exact) mass is 239 g/mol. The maximum Gasteiger partial charge on any atom is 0.138 e. The molecule has 5 heteroatoms. The predicted molar refractivity (Wildman–Crippen MR) is 64.5 cm³/mol. The number of aromatic nitrogens is 3. The standard InChI is InChI=1S/C12H21N3O2/c1-12(2,3)11(17)5-4-7-15-9-10(6-8-16)13-14-15/h9,16H,4-8H2,1-3H3. The molecule has 0 spiro atoms. The average molecular weight is 239 g/mol. The molecule has 0 saturated heterocycles. The second-order valence-corrected chi connectivity index (χ2v) is 5.22. The Kier molecular flexibility index (Phi) is 4.81. The van der Waals surface area contributed by atoms with Crippen molar-refractivity contribution < 1.29 is 9.90 Å². The third kappa shape index (κ3) is 4.65. The van der Waals surface area contributed by atoms with Crippen molar-refractivity contribution in [2.24, 2.45) is 5.41 Å². The molecule has 0 aliphatic carbocycles. The molecule has 0 aliphatic heterocycles. The molecule has 0 unspecified atom stereocenters. The summed E-state index contributed by atoms with van der Waals surface area (Å²) in [6.07, 6.45) is 3.69. The van der Waals surface area contributed by atoms with E-state index in [1.54, 1.807) is 4.68 Å². The highest BCUT2D eigenvalue weighted by atomic mass is 16.3. The molecule has 0 aliphatic rings. The Morgan fingerprint density at radius 1 is 1.47 bits per heavy atom. The van der Waals surface area contributed by atoms with Crippen LogP contribution in [0.2, 0.25) is 0 Å². The van der Waals surface area contributed by atoms with Gasteiger partial charge in [-0.15, -0.1) is 5.10 Å². The minimum atomic E-state index is -0.260. The van der Waals surface area contributed by atoms with E-state index in [-0.39, 0.29) is 17.8 Å². The molecule has 1 rings (SSSR count). The fraction of sp³-hybridized carbons (Fsp3) is 0.750. The molecule has 0 aromatic carbocycles. The smallest absolute Gasteiger partial charge is 0.138 e. The van der Waals surface area contributed by atoms with Gasteiger partial charge in [0.05, 0.1) is 5.69 Å². The molecule has 0 bridgehead atoms. The highest BCUT2D eigenvalue weighted by Crippen LogP contribution is 2.17. The van der Waals surface area contributed by atoms with Crippen LogP contribution in [0.5, 0.6) is 0 Å². The lowest BCUT2D eigenvalue weighted by Crippen LogP contribution is -2.20. The summed E-state index contributed by atoms with van der Waals surface area (Å²) in [5.74, 6) is 0.271. The zero-order chi connectivity index (χ0) is 12.9. The van der Waals surface area contributed by atoms with Gasteiger partial charge in [-0.2, -0.15) is 0 Å². The fourth-order valence-electron chi connectivity index (χ4n) is 1.45. The number of hydrogen-bond acceptors (Lipinski definition) is 4. The van der Waals surface area contributed by atoms with Gasteiger partial charge in [0.1, 0.15) is 5.78 Å². The summed E-state index contributed by atoms with van der Waals surface area (Å²) < 4.78 is 1.72. The van der Waals surface area contributed by atoms with Gasteiger partial charge < -0.3 is 5.11 Å². The Morgan fingerprint density at radius 3 is 2.76 bits per heavy atom. The normalized spacial score (nSPS) is 11.8. The van der Waals surface area contributed by atoms with Gasteiger partial charge in [-0.1, -0.05) is 26.0 Å². The largest absolute Gasteiger partial charge is 0.396 e. The van der Waals surface area contributed by atoms with Crippen LogP contribution in [-0.4, -0.2) is 32.5 Å². The van der Waals surface area contributed by atoms with Crippen LogP contribution >= 0.6 is 0 Å². The van der Waals surface area contributed by atoms with E-state index in [1.807, 2.05) is 27.0 Å². The van der Waals surface area contributed by atoms with Crippen LogP contribution in [0.4, 0.5) is 0 Å². The van der Waals surface area contributed by atoms with Crippen molar-refractivity contribution in [1.29, 1.82) is 0 Å². The van der Waals surface area contributed by atoms with Crippen LogP contribution in [0, 0.1) is 5.41 Å². The number of nitrogens with zero attached hydrogens (tertiary/aromatic N) is 3. The van der Waals surface area contributed by atoms with Crippen LogP contribution in [0.1, 0.15) is 39.3 Å². The van der Waals surface area contributed by atoms with Crippen molar-refractivity contribution in [2.45, 2.75) is 46.6 Å². The van der Waals surface area contributed by atoms with Crippen molar-refractivity contribution in [2.75, 3.05) is 6.61 Å². The molecule has 0 atom stereocenters. The maximum atomic E-state index is 11.7. The number of ketones is 1. The van der Waals surface area contributed by atoms with Gasteiger partial charge in [0.25, 0.3) is 0 Å². The summed E-state index contributed by atoms with van der Waals surface area (Å²) in [4.78, 5) is 11.7. The van der Waals surface area contributed by atoms with Gasteiger partial charge in [0.2, 0.25) is 0 Å². The minimum absolute atomic E-state index is 0.0845. The quantitative estimate of drug-likeness (QED) is 0.810. The van der Waals surface area contributed by atoms with Crippen LogP contribution in [0.3, 0.4) is 0 Å². The highest BCUT2D eigenvalue weighted by Gasteiger charge is 2.20. The summed E-state index contributed by atoms with van der Waals surface area (Å²) in [5, 5.41) is 16.6. The summed E-state index contributed by atoms with van der Waals surface area (Å²) in [5.41, 5.74) is 0.527. The van der Waals surface area contributed by atoms with Gasteiger partial charge in [-0.25, -0.2) is 0 Å². The number of carbonyl (C=O) groups excluding carboxylic acids is 1. The third-order valence-electron chi connectivity index (χ3n) is 2.58. The molecular weight excluding hydrogens is 218 g/mol. The second kappa shape index (κ2) is 5.91. The molecule has 1 N–H and O–H groups in total. The van der Waals surface area contributed by atoms with E-state index in [9.17, 15) is 4.79 Å². The van der Waals surface area contributed by atoms with E-state index < -0.39 is 0 Å². The van der Waals surface area contributed by atoms with Gasteiger partial charge in [0, 0.05) is 37.6 Å². The molecule has 0 amide bonds. The first-order valence-electron chi connectivity index (χ1n) is 5.96. The first kappa shape index (κ1) is 13.8. The molecule has 0 radical (unpaired) electrons. The summed E-state index contributed by atoms with van der Waals surface area (Å²) in [7, 11) is 0. The lowest BCUT2D eigenvalue weighted by atomic mass is 9.88. The van der Waals surface area contributed by atoms with Gasteiger partial charge >= 0.3 is 0 Å². The van der Waals surface area contributed by atoms with Crippen molar-refractivity contribution >= 4 is 5.78 Å². The minimum Gasteiger partial charge on any atom is -0.396 e. The summed E-state index contributed by atoms with van der Waals surface area (Å²) in [6, 6.07) is 0. The Morgan fingerprint density at radius 2 is 2.18 bits per heavy atom. The fourth-order valence-corrected chi connectivity index (χ4v) is 1.45. The van der Waals surface area contributed by atoms with Crippen LogP contribution in [0.15, 0.2) is 6.20 Å². The van der Waals surface area contributed by atoms with Gasteiger partial charge in [-0.3, -0.25) is 9.48 Å². The Balaban J connectivity index is 2.33. The molecular formula is C12H21N3O2. The van der Waals surface area contributed by atoms with Crippen LogP contribution < -0.4 is 0 Å². The Labute approximate surface area is 102 Å². The van der Waals surface area contributed by atoms with Gasteiger partial charge in [0.15, 0.2) is 0 Å². The van der Waals surface area contributed by atoms with Crippen molar-refractivity contribution in [3.05, 3.63) is 11.9 Å². The number of rotatable bonds is 6. The van der Waals surface area contributed by atoms with E-state index in [4.69, 9.17) is 5.11 Å². The second-order valence-electron chi connectivity index (χ2n) is 5.22. The van der Waals surface area contributed by atoms with Crippen molar-refractivity contribution in [3.63, 3.8) is 0 Å². The number of Topliss-reactive ketones (excluding diaryl/α,β-unsaturated/α-hetero) is 1. The number of aliphatic hydroxyl groups is 1. The lowest BCUT2D eigenvalue weighted by molar-refractivity contribution is -0.126. The van der Waals surface area contributed by atoms with E-state index in [0.29, 0.717) is 19.4 Å². The summed E-state index contributed by atoms with van der Waals surface area (Å²) >= 11 is 0. The van der Waals surface area contributed by atoms with Crippen LogP contribution in [-0.2, 0) is 17.8 Å². The average Bonchev–Trinajstić information content (AvgIpc) is 2.65. The first-order valence-corrected chi connectivity index (χ1v) is 5.96. The van der Waals surface area contributed by atoms with E-state index in [1.165, 1.54) is 0 Å². The van der Waals surface area contributed by atoms with Crippen molar-refractivity contribution in [3.8, 4) is 0 Å². The third-order valence-corrected chi connectivity index (χ3v) is 2.58. The molecule has 0 fully saturated rings. The molecule has 17 heavy (non-hydrogen) atoms. The van der Waals surface area contributed by atoms with E-state index in [0.717, 1.165) is 12.1 Å². The highest BCUT2D eigenvalue weighted by molar-refractivity contribution is 5.83. The number of aryl methyl sites for hydroxylation is 1. The zero-order valence-electron chi connectivity index (χ0n) is 10.8. The Bertz CT molecular complexity index is 366. The maximum absolute atomic E-state index is 11.7. The molecule has 96 valence electrons. The van der Waals surface area contributed by atoms with Crippen LogP contribution in [0.25, 0.3) is 0 Å². The number of carbonyl (C=O) groups is 1. The zero-order valence-corrected chi connectivity index (χ0v) is 10.8. The molecule has 1 aromatic heterocycles. The van der Waals surface area contributed by atoms with E-state index in [2.05, 4.69) is 10.3 Å². The first-order chi connectivity index (χ1) is 7.93. The predicted octanol–water partition coefficient (Wildman–Crippen LogP) is 1.21. The lowest BCUT2D eigenvalue weighted by Gasteiger charge is -2.15. The topological polar surface area (TPSA) is 68.0 Å². The SMILES string of the molecule is CC(C)(C)C(=O)CCCn1cc(CCO)nn1. The van der Waals surface area contributed by atoms with Crippen molar-refractivity contribution in [1.82, 2.24) is 15.0 Å². The molecule has 1 aromatic rings. The van der Waals surface area contributed by atoms with E-state index >= 15 is 0 Å². The molecule has 5 nitrogen and oxygen atoms in total. The number of aliphatic hydroxyl groups excluding tert-OH is 1. The molecule has 0 saturated carbocycles. The number of hydrogen-bond donors (Lipinski definition) is 1.